The summed E-state index contributed by atoms with van der Waals surface area (Å²) in [6.45, 7) is 11.1. The highest BCUT2D eigenvalue weighted by Crippen LogP contribution is 2.26. The summed E-state index contributed by atoms with van der Waals surface area (Å²) in [6, 6.07) is 5.21. The molecule has 0 unspecified atom stereocenters. The van der Waals surface area contributed by atoms with Crippen molar-refractivity contribution < 1.29 is 4.74 Å². The molecule has 2 aromatic heterocycles. The number of thiophene rings is 1. The second kappa shape index (κ2) is 8.25. The standard InChI is InChI=1S/C18H28N4OS/c1-14(2)22-13-16(10-20-22)9-19-11-17(18-5-4-8-24-18)21-6-7-23-15(3)12-21/h4-5,8,10,13-15,17,19H,6-7,9,11-12H2,1-3H3/t15-,17+/m0/s1. The molecule has 1 N–H and O–H groups in total. The number of ether oxygens (including phenoxy) is 1. The predicted octanol–water partition coefficient (Wildman–Crippen LogP) is 3.08. The van der Waals surface area contributed by atoms with Crippen LogP contribution in [0.5, 0.6) is 0 Å². The van der Waals surface area contributed by atoms with Crippen LogP contribution < -0.4 is 5.32 Å². The molecule has 0 aromatic carbocycles. The Kier molecular flexibility index (Phi) is 6.05. The van der Waals surface area contributed by atoms with Crippen LogP contribution in [0.15, 0.2) is 29.9 Å². The van der Waals surface area contributed by atoms with Crippen LogP contribution in [-0.2, 0) is 11.3 Å². The van der Waals surface area contributed by atoms with Gasteiger partial charge in [0.1, 0.15) is 0 Å². The van der Waals surface area contributed by atoms with Gasteiger partial charge in [0.05, 0.1) is 24.9 Å². The molecule has 6 heteroatoms. The molecule has 0 amide bonds. The molecule has 0 radical (unpaired) electrons. The Morgan fingerprint density at radius 3 is 3.00 bits per heavy atom. The molecule has 0 aliphatic carbocycles. The van der Waals surface area contributed by atoms with E-state index in [-0.39, 0.29) is 0 Å². The normalized spacial score (nSPS) is 20.6. The van der Waals surface area contributed by atoms with Crippen molar-refractivity contribution in [3.05, 3.63) is 40.3 Å². The van der Waals surface area contributed by atoms with Crippen molar-refractivity contribution in [1.29, 1.82) is 0 Å². The van der Waals surface area contributed by atoms with E-state index in [0.717, 1.165) is 32.8 Å². The highest BCUT2D eigenvalue weighted by Gasteiger charge is 2.26. The third kappa shape index (κ3) is 4.45. The van der Waals surface area contributed by atoms with Crippen molar-refractivity contribution in [2.24, 2.45) is 0 Å². The van der Waals surface area contributed by atoms with Crippen molar-refractivity contribution in [2.45, 2.75) is 45.5 Å². The lowest BCUT2D eigenvalue weighted by atomic mass is 10.1. The maximum absolute atomic E-state index is 5.70. The molecular weight excluding hydrogens is 320 g/mol. The monoisotopic (exact) mass is 348 g/mol. The lowest BCUT2D eigenvalue weighted by Crippen LogP contribution is -2.45. The number of nitrogens with zero attached hydrogens (tertiary/aromatic N) is 3. The molecule has 1 aliphatic heterocycles. The molecule has 24 heavy (non-hydrogen) atoms. The summed E-state index contributed by atoms with van der Waals surface area (Å²) in [5.41, 5.74) is 1.24. The average Bonchev–Trinajstić information content (AvgIpc) is 3.23. The van der Waals surface area contributed by atoms with Gasteiger partial charge in [0.15, 0.2) is 0 Å². The summed E-state index contributed by atoms with van der Waals surface area (Å²) < 4.78 is 7.72. The first-order valence-corrected chi connectivity index (χ1v) is 9.64. The number of morpholine rings is 1. The molecule has 0 spiro atoms. The van der Waals surface area contributed by atoms with Crippen molar-refractivity contribution >= 4 is 11.3 Å². The summed E-state index contributed by atoms with van der Waals surface area (Å²) in [5, 5.41) is 10.2. The lowest BCUT2D eigenvalue weighted by Gasteiger charge is -2.37. The molecule has 2 atom stereocenters. The smallest absolute Gasteiger partial charge is 0.0674 e. The summed E-state index contributed by atoms with van der Waals surface area (Å²) in [4.78, 5) is 3.97. The van der Waals surface area contributed by atoms with Gasteiger partial charge in [-0.05, 0) is 32.2 Å². The number of rotatable bonds is 7. The Bertz CT molecular complexity index is 610. The van der Waals surface area contributed by atoms with Gasteiger partial charge >= 0.3 is 0 Å². The first-order chi connectivity index (χ1) is 11.6. The van der Waals surface area contributed by atoms with E-state index in [9.17, 15) is 0 Å². The van der Waals surface area contributed by atoms with Crippen LogP contribution >= 0.6 is 11.3 Å². The number of aromatic nitrogens is 2. The van der Waals surface area contributed by atoms with E-state index in [4.69, 9.17) is 4.74 Å². The lowest BCUT2D eigenvalue weighted by molar-refractivity contribution is -0.0339. The van der Waals surface area contributed by atoms with Crippen LogP contribution in [-0.4, -0.2) is 47.0 Å². The molecule has 1 fully saturated rings. The van der Waals surface area contributed by atoms with Crippen molar-refractivity contribution in [3.63, 3.8) is 0 Å². The summed E-state index contributed by atoms with van der Waals surface area (Å²) >= 11 is 1.84. The van der Waals surface area contributed by atoms with E-state index in [0.29, 0.717) is 18.2 Å². The van der Waals surface area contributed by atoms with Gasteiger partial charge in [-0.25, -0.2) is 0 Å². The fraction of sp³-hybridized carbons (Fsp3) is 0.611. The molecular formula is C18H28N4OS. The van der Waals surface area contributed by atoms with Crippen LogP contribution in [0.3, 0.4) is 0 Å². The minimum absolute atomic E-state index is 0.311. The molecule has 5 nitrogen and oxygen atoms in total. The Labute approximate surface area is 148 Å². The minimum atomic E-state index is 0.311. The Hall–Kier alpha value is -1.21. The fourth-order valence-electron chi connectivity index (χ4n) is 3.12. The van der Waals surface area contributed by atoms with E-state index in [1.807, 2.05) is 22.2 Å². The van der Waals surface area contributed by atoms with Crippen LogP contribution in [0.4, 0.5) is 0 Å². The molecule has 0 saturated carbocycles. The van der Waals surface area contributed by atoms with Crippen LogP contribution in [0.2, 0.25) is 0 Å². The quantitative estimate of drug-likeness (QED) is 0.835. The van der Waals surface area contributed by atoms with Crippen LogP contribution in [0.1, 0.15) is 43.3 Å². The number of hydrogen-bond donors (Lipinski definition) is 1. The minimum Gasteiger partial charge on any atom is -0.376 e. The van der Waals surface area contributed by atoms with Gasteiger partial charge in [-0.2, -0.15) is 5.10 Å². The van der Waals surface area contributed by atoms with Gasteiger partial charge in [-0.15, -0.1) is 11.3 Å². The summed E-state index contributed by atoms with van der Waals surface area (Å²) in [6.07, 6.45) is 4.41. The second-order valence-electron chi connectivity index (χ2n) is 6.76. The highest BCUT2D eigenvalue weighted by molar-refractivity contribution is 7.10. The first kappa shape index (κ1) is 17.6. The molecule has 3 rings (SSSR count). The first-order valence-electron chi connectivity index (χ1n) is 8.76. The SMILES string of the molecule is CC(C)n1cc(CNC[C@H](c2cccs2)N2CCO[C@@H](C)C2)cn1. The maximum atomic E-state index is 5.70. The van der Waals surface area contributed by atoms with Crippen molar-refractivity contribution in [2.75, 3.05) is 26.2 Å². The third-order valence-corrected chi connectivity index (χ3v) is 5.41. The molecule has 132 valence electrons. The van der Waals surface area contributed by atoms with E-state index < -0.39 is 0 Å². The van der Waals surface area contributed by atoms with E-state index in [1.165, 1.54) is 10.4 Å². The van der Waals surface area contributed by atoms with Crippen molar-refractivity contribution in [1.82, 2.24) is 20.0 Å². The van der Waals surface area contributed by atoms with Crippen LogP contribution in [0.25, 0.3) is 0 Å². The zero-order chi connectivity index (χ0) is 16.9. The molecule has 2 aromatic rings. The Balaban J connectivity index is 1.59. The number of nitrogens with one attached hydrogen (secondary N) is 1. The molecule has 0 bridgehead atoms. The summed E-state index contributed by atoms with van der Waals surface area (Å²) in [7, 11) is 0. The largest absolute Gasteiger partial charge is 0.376 e. The maximum Gasteiger partial charge on any atom is 0.0674 e. The predicted molar refractivity (Wildman–Crippen MR) is 98.4 cm³/mol. The third-order valence-electron chi connectivity index (χ3n) is 4.44. The zero-order valence-corrected chi connectivity index (χ0v) is 15.6. The van der Waals surface area contributed by atoms with E-state index in [1.54, 1.807) is 0 Å². The topological polar surface area (TPSA) is 42.3 Å². The Morgan fingerprint density at radius 1 is 1.46 bits per heavy atom. The van der Waals surface area contributed by atoms with Gasteiger partial charge < -0.3 is 10.1 Å². The fourth-order valence-corrected chi connectivity index (χ4v) is 3.98. The Morgan fingerprint density at radius 2 is 2.33 bits per heavy atom. The molecule has 1 saturated heterocycles. The average molecular weight is 349 g/mol. The molecule has 3 heterocycles. The number of hydrogen-bond acceptors (Lipinski definition) is 5. The van der Waals surface area contributed by atoms with Crippen LogP contribution in [0, 0.1) is 0 Å². The zero-order valence-electron chi connectivity index (χ0n) is 14.8. The van der Waals surface area contributed by atoms with E-state index >= 15 is 0 Å². The van der Waals surface area contributed by atoms with Crippen molar-refractivity contribution in [3.8, 4) is 0 Å². The van der Waals surface area contributed by atoms with Gasteiger partial charge in [-0.3, -0.25) is 9.58 Å². The van der Waals surface area contributed by atoms with Gasteiger partial charge in [0, 0.05) is 48.9 Å². The van der Waals surface area contributed by atoms with Gasteiger partial charge in [0.2, 0.25) is 0 Å². The second-order valence-corrected chi connectivity index (χ2v) is 7.74. The summed E-state index contributed by atoms with van der Waals surface area (Å²) in [5.74, 6) is 0. The van der Waals surface area contributed by atoms with Gasteiger partial charge in [0.25, 0.3) is 0 Å². The van der Waals surface area contributed by atoms with E-state index in [2.05, 4.69) is 59.8 Å². The van der Waals surface area contributed by atoms with Gasteiger partial charge in [-0.1, -0.05) is 6.07 Å². The highest BCUT2D eigenvalue weighted by atomic mass is 32.1. The molecule has 1 aliphatic rings.